The lowest BCUT2D eigenvalue weighted by molar-refractivity contribution is -0.142. The number of morpholine rings is 1. The van der Waals surface area contributed by atoms with Gasteiger partial charge < -0.3 is 14.4 Å². The number of carbonyl (C=O) groups is 1. The third-order valence-corrected chi connectivity index (χ3v) is 8.59. The molecule has 3 heterocycles. The van der Waals surface area contributed by atoms with Crippen LogP contribution < -0.4 is 0 Å². The molecule has 0 atom stereocenters. The van der Waals surface area contributed by atoms with Crippen LogP contribution in [0.15, 0.2) is 24.3 Å². The summed E-state index contributed by atoms with van der Waals surface area (Å²) in [6.07, 6.45) is 1.22. The fourth-order valence-electron chi connectivity index (χ4n) is 4.48. The molecule has 3 aliphatic heterocycles. The molecule has 0 bridgehead atoms. The second-order valence-corrected chi connectivity index (χ2v) is 10.3. The minimum Gasteiger partial charge on any atom is -0.381 e. The molecule has 1 amide bonds. The van der Waals surface area contributed by atoms with Gasteiger partial charge in [-0.25, -0.2) is 0 Å². The Hall–Kier alpha value is -1.23. The molecule has 30 heavy (non-hydrogen) atoms. The molecule has 1 aromatic carbocycles. The van der Waals surface area contributed by atoms with Crippen molar-refractivity contribution in [3.8, 4) is 0 Å². The van der Waals surface area contributed by atoms with Crippen LogP contribution in [0, 0.1) is 0 Å². The van der Waals surface area contributed by atoms with Gasteiger partial charge in [0.1, 0.15) is 0 Å². The predicted octanol–water partition coefficient (Wildman–Crippen LogP) is 1.11. The maximum Gasteiger partial charge on any atom is 0.282 e. The summed E-state index contributed by atoms with van der Waals surface area (Å²) in [4.78, 5) is 15.5. The largest absolute Gasteiger partial charge is 0.381 e. The van der Waals surface area contributed by atoms with Gasteiger partial charge in [0.25, 0.3) is 10.2 Å². The highest BCUT2D eigenvalue weighted by molar-refractivity contribution is 7.86. The van der Waals surface area contributed by atoms with E-state index in [0.717, 1.165) is 5.56 Å². The van der Waals surface area contributed by atoms with E-state index < -0.39 is 15.6 Å². The molecule has 0 saturated carbocycles. The summed E-state index contributed by atoms with van der Waals surface area (Å²) >= 11 is 6.05. The lowest BCUT2D eigenvalue weighted by Gasteiger charge is -2.43. The average Bonchev–Trinajstić information content (AvgIpc) is 2.80. The molecule has 1 aromatic rings. The van der Waals surface area contributed by atoms with Crippen molar-refractivity contribution in [1.82, 2.24) is 13.5 Å². The van der Waals surface area contributed by atoms with Crippen LogP contribution in [0.25, 0.3) is 0 Å². The van der Waals surface area contributed by atoms with Crippen molar-refractivity contribution in [3.05, 3.63) is 34.9 Å². The molecule has 4 rings (SSSR count). The number of piperazine rings is 1. The van der Waals surface area contributed by atoms with Gasteiger partial charge in [-0.3, -0.25) is 4.79 Å². The minimum atomic E-state index is -3.52. The second kappa shape index (κ2) is 9.10. The zero-order valence-corrected chi connectivity index (χ0v) is 18.5. The molecule has 0 spiro atoms. The van der Waals surface area contributed by atoms with Crippen LogP contribution >= 0.6 is 11.6 Å². The first-order valence-electron chi connectivity index (χ1n) is 10.4. The number of hydrogen-bond acceptors (Lipinski definition) is 5. The maximum absolute atomic E-state index is 13.7. The monoisotopic (exact) mass is 457 g/mol. The minimum absolute atomic E-state index is 0.0524. The van der Waals surface area contributed by atoms with E-state index in [1.165, 1.54) is 8.61 Å². The summed E-state index contributed by atoms with van der Waals surface area (Å²) < 4.78 is 39.6. The van der Waals surface area contributed by atoms with Crippen LogP contribution in [-0.4, -0.2) is 93.5 Å². The van der Waals surface area contributed by atoms with E-state index in [2.05, 4.69) is 0 Å². The molecular weight excluding hydrogens is 430 g/mol. The Morgan fingerprint density at radius 3 is 1.97 bits per heavy atom. The number of carbonyl (C=O) groups excluding carboxylic acids is 1. The van der Waals surface area contributed by atoms with Crippen LogP contribution in [0.4, 0.5) is 0 Å². The highest BCUT2D eigenvalue weighted by atomic mass is 35.5. The van der Waals surface area contributed by atoms with Crippen molar-refractivity contribution in [2.24, 2.45) is 0 Å². The topological polar surface area (TPSA) is 79.4 Å². The van der Waals surface area contributed by atoms with Gasteiger partial charge in [0.15, 0.2) is 0 Å². The molecule has 3 saturated heterocycles. The summed E-state index contributed by atoms with van der Waals surface area (Å²) in [6, 6.07) is 7.47. The van der Waals surface area contributed by atoms with Crippen LogP contribution in [0.5, 0.6) is 0 Å². The molecule has 3 fully saturated rings. The van der Waals surface area contributed by atoms with Gasteiger partial charge in [-0.05, 0) is 30.5 Å². The molecule has 10 heteroatoms. The molecule has 166 valence electrons. The molecule has 0 aliphatic carbocycles. The van der Waals surface area contributed by atoms with E-state index in [1.54, 1.807) is 0 Å². The van der Waals surface area contributed by atoms with Crippen molar-refractivity contribution in [1.29, 1.82) is 0 Å². The summed E-state index contributed by atoms with van der Waals surface area (Å²) in [5.41, 5.74) is 0.303. The van der Waals surface area contributed by atoms with Crippen molar-refractivity contribution in [2.45, 2.75) is 18.3 Å². The summed E-state index contributed by atoms with van der Waals surface area (Å²) in [5.74, 6) is 0.0524. The quantitative estimate of drug-likeness (QED) is 0.676. The SMILES string of the molecule is O=C(N1CCN(S(=O)(=O)N2CCOCC2)CC1)C1(c2ccc(Cl)cc2)CCOCC1. The van der Waals surface area contributed by atoms with Gasteiger partial charge in [-0.15, -0.1) is 0 Å². The Balaban J connectivity index is 1.47. The van der Waals surface area contributed by atoms with E-state index in [4.69, 9.17) is 21.1 Å². The van der Waals surface area contributed by atoms with Gasteiger partial charge in [-0.2, -0.15) is 17.0 Å². The van der Waals surface area contributed by atoms with E-state index in [0.29, 0.717) is 83.6 Å². The van der Waals surface area contributed by atoms with Crippen LogP contribution in [0.2, 0.25) is 5.02 Å². The van der Waals surface area contributed by atoms with Crippen molar-refractivity contribution in [3.63, 3.8) is 0 Å². The highest BCUT2D eigenvalue weighted by Gasteiger charge is 2.45. The second-order valence-electron chi connectivity index (χ2n) is 7.91. The zero-order valence-electron chi connectivity index (χ0n) is 17.0. The molecule has 3 aliphatic rings. The normalized spacial score (nSPS) is 24.0. The van der Waals surface area contributed by atoms with E-state index in [1.807, 2.05) is 29.2 Å². The van der Waals surface area contributed by atoms with Crippen LogP contribution in [0.1, 0.15) is 18.4 Å². The van der Waals surface area contributed by atoms with Crippen LogP contribution in [0.3, 0.4) is 0 Å². The Kier molecular flexibility index (Phi) is 6.67. The molecule has 0 aromatic heterocycles. The van der Waals surface area contributed by atoms with Crippen molar-refractivity contribution >= 4 is 27.7 Å². The lowest BCUT2D eigenvalue weighted by atomic mass is 9.73. The van der Waals surface area contributed by atoms with Gasteiger partial charge in [0, 0.05) is 57.5 Å². The van der Waals surface area contributed by atoms with Gasteiger partial charge in [-0.1, -0.05) is 23.7 Å². The number of benzene rings is 1. The van der Waals surface area contributed by atoms with E-state index in [-0.39, 0.29) is 5.91 Å². The Bertz CT molecular complexity index is 844. The predicted molar refractivity (Wildman–Crippen MR) is 113 cm³/mol. The first kappa shape index (κ1) is 22.0. The van der Waals surface area contributed by atoms with Crippen molar-refractivity contribution < 1.29 is 22.7 Å². The Morgan fingerprint density at radius 2 is 1.37 bits per heavy atom. The average molecular weight is 458 g/mol. The number of hydrogen-bond donors (Lipinski definition) is 0. The number of rotatable bonds is 4. The number of ether oxygens (including phenoxy) is 2. The summed E-state index contributed by atoms with van der Waals surface area (Å²) in [7, 11) is -3.52. The Morgan fingerprint density at radius 1 is 0.833 bits per heavy atom. The zero-order chi connectivity index (χ0) is 21.2. The third kappa shape index (κ3) is 4.24. The molecule has 0 unspecified atom stereocenters. The molecule has 8 nitrogen and oxygen atoms in total. The molecular formula is C20H28ClN3O5S. The summed E-state index contributed by atoms with van der Waals surface area (Å²) in [5, 5.41) is 0.635. The number of amides is 1. The fourth-order valence-corrected chi connectivity index (χ4v) is 6.17. The third-order valence-electron chi connectivity index (χ3n) is 6.30. The smallest absolute Gasteiger partial charge is 0.282 e. The first-order chi connectivity index (χ1) is 14.4. The van der Waals surface area contributed by atoms with E-state index >= 15 is 0 Å². The summed E-state index contributed by atoms with van der Waals surface area (Å²) in [6.45, 7) is 4.03. The van der Waals surface area contributed by atoms with Crippen LogP contribution in [-0.2, 0) is 29.9 Å². The molecule has 0 N–H and O–H groups in total. The number of halogens is 1. The van der Waals surface area contributed by atoms with Crippen molar-refractivity contribution in [2.75, 3.05) is 65.7 Å². The van der Waals surface area contributed by atoms with Gasteiger partial charge in [0.05, 0.1) is 18.6 Å². The Labute approximate surface area is 182 Å². The number of nitrogens with zero attached hydrogens (tertiary/aromatic N) is 3. The standard InChI is InChI=1S/C20H28ClN3O5S/c21-18-3-1-17(2-4-18)20(5-13-28-14-6-20)19(25)22-7-9-23(10-8-22)30(26,27)24-11-15-29-16-12-24/h1-4H,5-16H2. The first-order valence-corrected chi connectivity index (χ1v) is 12.2. The van der Waals surface area contributed by atoms with Gasteiger partial charge >= 0.3 is 0 Å². The van der Waals surface area contributed by atoms with E-state index in [9.17, 15) is 13.2 Å². The molecule has 0 radical (unpaired) electrons. The maximum atomic E-state index is 13.7. The fraction of sp³-hybridized carbons (Fsp3) is 0.650. The van der Waals surface area contributed by atoms with Gasteiger partial charge in [0.2, 0.25) is 5.91 Å². The highest BCUT2D eigenvalue weighted by Crippen LogP contribution is 2.37. The lowest BCUT2D eigenvalue weighted by Crippen LogP contribution is -2.59.